The third-order valence-corrected chi connectivity index (χ3v) is 6.00. The quantitative estimate of drug-likeness (QED) is 0.778. The van der Waals surface area contributed by atoms with Gasteiger partial charge in [0.2, 0.25) is 0 Å². The maximum atomic E-state index is 12.8. The number of H-pyrrole nitrogens is 1. The van der Waals surface area contributed by atoms with Crippen LogP contribution in [0.4, 0.5) is 22.0 Å². The second-order valence-corrected chi connectivity index (χ2v) is 6.52. The van der Waals surface area contributed by atoms with Crippen molar-refractivity contribution in [1.82, 2.24) is 13.1 Å². The Kier molecular flexibility index (Phi) is 3.30. The molecule has 0 radical (unpaired) electrons. The summed E-state index contributed by atoms with van der Waals surface area (Å²) in [5.41, 5.74) is 0. The molecule has 0 saturated heterocycles. The molecule has 0 saturated carbocycles. The number of aromatic amines is 1. The molecule has 0 fully saturated rings. The molecule has 0 bridgehead atoms. The number of aromatic nitrogens is 3. The van der Waals surface area contributed by atoms with E-state index in [0.29, 0.717) is 0 Å². The SMILES string of the molecule is Cp1[nH][pH]npn1C(F)(F)C(F)(F)F. The second kappa shape index (κ2) is 3.84. The van der Waals surface area contributed by atoms with Crippen LogP contribution < -0.4 is 0 Å². The molecule has 0 aliphatic carbocycles. The van der Waals surface area contributed by atoms with Crippen LogP contribution in [0, 0.1) is 0 Å². The predicted molar refractivity (Wildman–Crippen MR) is 46.2 cm³/mol. The van der Waals surface area contributed by atoms with Crippen LogP contribution in [-0.4, -0.2) is 19.3 Å². The van der Waals surface area contributed by atoms with E-state index in [1.54, 1.807) is 0 Å². The van der Waals surface area contributed by atoms with Gasteiger partial charge in [0.05, 0.1) is 0 Å². The number of nitrogens with zero attached hydrogens (tertiary/aromatic N) is 2. The minimum Gasteiger partial charge on any atom is -0.310 e. The normalized spacial score (nSPS) is 15.4. The molecule has 1 aromatic heterocycles. The zero-order chi connectivity index (χ0) is 11.0. The molecule has 82 valence electrons. The van der Waals surface area contributed by atoms with Crippen LogP contribution >= 0.6 is 24.9 Å². The van der Waals surface area contributed by atoms with Gasteiger partial charge in [0.1, 0.15) is 8.51 Å². The van der Waals surface area contributed by atoms with Gasteiger partial charge in [0.15, 0.2) is 0 Å². The fourth-order valence-corrected chi connectivity index (χ4v) is 4.64. The predicted octanol–water partition coefficient (Wildman–Crippen LogP) is 3.58. The lowest BCUT2D eigenvalue weighted by Gasteiger charge is -2.22. The Hall–Kier alpha value is -0.0500. The van der Waals surface area contributed by atoms with Crippen LogP contribution in [0.5, 0.6) is 0 Å². The van der Waals surface area contributed by atoms with Crippen LogP contribution in [0.1, 0.15) is 0 Å². The van der Waals surface area contributed by atoms with Crippen LogP contribution in [0.2, 0.25) is 0 Å². The van der Waals surface area contributed by atoms with E-state index >= 15 is 0 Å². The number of alkyl halides is 5. The van der Waals surface area contributed by atoms with Crippen molar-refractivity contribution in [2.75, 3.05) is 0 Å². The number of hydrogen-bond donors (Lipinski definition) is 1. The average molecular weight is 271 g/mol. The molecule has 1 N–H and O–H groups in total. The molecule has 1 rings (SSSR count). The number of nitrogens with one attached hydrogen (secondary N) is 1. The topological polar surface area (TPSA) is 33.6 Å². The third kappa shape index (κ3) is 2.13. The number of hydrogen-bond acceptors (Lipinski definition) is 1. The van der Waals surface area contributed by atoms with Crippen molar-refractivity contribution in [3.05, 3.63) is 0 Å². The molecule has 0 amide bonds. The van der Waals surface area contributed by atoms with Gasteiger partial charge in [-0.25, -0.2) is 4.09 Å². The Morgan fingerprint density at radius 2 is 1.93 bits per heavy atom. The summed E-state index contributed by atoms with van der Waals surface area (Å²) in [6, 6.07) is -4.82. The minimum absolute atomic E-state index is 0.0127. The highest BCUT2D eigenvalue weighted by Gasteiger charge is 2.60. The molecule has 0 spiro atoms. The summed E-state index contributed by atoms with van der Waals surface area (Å²) < 4.78 is 67.3. The van der Waals surface area contributed by atoms with Crippen molar-refractivity contribution in [1.29, 1.82) is 0 Å². The molecule has 3 nitrogen and oxygen atoms in total. The molecule has 14 heavy (non-hydrogen) atoms. The van der Waals surface area contributed by atoms with Gasteiger partial charge >= 0.3 is 12.2 Å². The third-order valence-electron chi connectivity index (χ3n) is 1.27. The Morgan fingerprint density at radius 3 is 2.36 bits per heavy atom. The molecule has 0 aromatic carbocycles. The standard InChI is InChI=1S/C3H5F5N3P3/c1-14-10-12-9-13-11(14)3(7,8)2(4,5)6/h10,12H,1H3. The Morgan fingerprint density at radius 1 is 1.36 bits per heavy atom. The summed E-state index contributed by atoms with van der Waals surface area (Å²) in [6.07, 6.45) is -5.56. The molecular weight excluding hydrogens is 266 g/mol. The first-order valence-corrected chi connectivity index (χ1v) is 6.65. The van der Waals surface area contributed by atoms with Crippen molar-refractivity contribution in [2.24, 2.45) is 6.66 Å². The lowest BCUT2D eigenvalue weighted by molar-refractivity contribution is -0.316. The van der Waals surface area contributed by atoms with Crippen LogP contribution in [0.25, 0.3) is 0 Å². The van der Waals surface area contributed by atoms with Crippen LogP contribution in [-0.2, 0) is 12.7 Å². The maximum absolute atomic E-state index is 12.8. The van der Waals surface area contributed by atoms with E-state index in [-0.39, 0.29) is 21.1 Å². The van der Waals surface area contributed by atoms with E-state index in [4.69, 9.17) is 0 Å². The van der Waals surface area contributed by atoms with Crippen molar-refractivity contribution in [2.45, 2.75) is 12.2 Å². The number of halogens is 5. The summed E-state index contributed by atoms with van der Waals surface area (Å²) >= 11 is 0. The van der Waals surface area contributed by atoms with Crippen LogP contribution in [0.15, 0.2) is 0 Å². The first-order chi connectivity index (χ1) is 6.27. The smallest absolute Gasteiger partial charge is 0.310 e. The fraction of sp³-hybridized carbons (Fsp3) is 1.00. The van der Waals surface area contributed by atoms with Crippen LogP contribution in [0.3, 0.4) is 0 Å². The van der Waals surface area contributed by atoms with E-state index in [2.05, 4.69) is 9.02 Å². The molecule has 1 aromatic rings. The van der Waals surface area contributed by atoms with Gasteiger partial charge in [0.25, 0.3) is 0 Å². The van der Waals surface area contributed by atoms with Crippen molar-refractivity contribution < 1.29 is 22.0 Å². The number of rotatable bonds is 1. The van der Waals surface area contributed by atoms with Gasteiger partial charge in [-0.15, -0.1) is 0 Å². The Balaban J connectivity index is 3.23. The maximum Gasteiger partial charge on any atom is 0.476 e. The van der Waals surface area contributed by atoms with Crippen molar-refractivity contribution >= 4 is 24.9 Å². The van der Waals surface area contributed by atoms with Gasteiger partial charge < -0.3 is 4.51 Å². The van der Waals surface area contributed by atoms with E-state index in [1.165, 1.54) is 6.66 Å². The average Bonchev–Trinajstić information content (AvgIpc) is 2.02. The van der Waals surface area contributed by atoms with Gasteiger partial charge in [-0.3, -0.25) is 0 Å². The summed E-state index contributed by atoms with van der Waals surface area (Å²) in [5, 5.41) is 0. The van der Waals surface area contributed by atoms with E-state index in [0.717, 1.165) is 0 Å². The molecule has 2 unspecified atom stereocenters. The molecule has 0 aliphatic heterocycles. The largest absolute Gasteiger partial charge is 0.476 e. The van der Waals surface area contributed by atoms with Gasteiger partial charge in [-0.1, -0.05) is 0 Å². The molecule has 0 aliphatic rings. The highest BCUT2D eigenvalue weighted by Crippen LogP contribution is 2.45. The zero-order valence-corrected chi connectivity index (χ0v) is 9.47. The van der Waals surface area contributed by atoms with E-state index in [1.807, 2.05) is 0 Å². The van der Waals surface area contributed by atoms with Gasteiger partial charge in [0, 0.05) is 23.0 Å². The van der Waals surface area contributed by atoms with Crippen molar-refractivity contribution in [3.8, 4) is 0 Å². The minimum atomic E-state index is -5.56. The summed E-state index contributed by atoms with van der Waals surface area (Å²) in [5.74, 6) is 0. The van der Waals surface area contributed by atoms with Gasteiger partial charge in [-0.05, 0) is 0 Å². The Labute approximate surface area is 79.7 Å². The fourth-order valence-electron chi connectivity index (χ4n) is 0.625. The van der Waals surface area contributed by atoms with E-state index < -0.39 is 20.1 Å². The summed E-state index contributed by atoms with van der Waals surface area (Å²) in [6.45, 7) is 1.30. The highest BCUT2D eigenvalue weighted by molar-refractivity contribution is 7.52. The zero-order valence-electron chi connectivity index (χ0n) is 6.68. The summed E-state index contributed by atoms with van der Waals surface area (Å²) in [4.78, 5) is 0. The molecule has 11 heteroatoms. The van der Waals surface area contributed by atoms with E-state index in [9.17, 15) is 22.0 Å². The monoisotopic (exact) mass is 271 g/mol. The second-order valence-electron chi connectivity index (χ2n) is 2.27. The Bertz CT molecular complexity index is 340. The highest BCUT2D eigenvalue weighted by atomic mass is 31.2. The van der Waals surface area contributed by atoms with Gasteiger partial charge in [-0.2, -0.15) is 26.5 Å². The first-order valence-electron chi connectivity index (χ1n) is 3.16. The lowest BCUT2D eigenvalue weighted by Crippen LogP contribution is -2.37. The first kappa shape index (κ1) is 12.0. The molecular formula is C3H5F5N3P3. The summed E-state index contributed by atoms with van der Waals surface area (Å²) in [7, 11) is -2.14. The lowest BCUT2D eigenvalue weighted by atomic mass is 10.6. The molecule has 2 atom stereocenters. The molecule has 1 heterocycles. The number of aryl methyl sites for hydroxylation is 1. The van der Waals surface area contributed by atoms with Crippen molar-refractivity contribution in [3.63, 3.8) is 0 Å².